The van der Waals surface area contributed by atoms with Crippen molar-refractivity contribution >= 4 is 18.2 Å². The lowest BCUT2D eigenvalue weighted by atomic mass is 10.5. The minimum atomic E-state index is 1.39. The van der Waals surface area contributed by atoms with Gasteiger partial charge in [0.25, 0.3) is 0 Å². The molecule has 0 saturated carbocycles. The summed E-state index contributed by atoms with van der Waals surface area (Å²) in [5.74, 6) is 0. The Kier molecular flexibility index (Phi) is 1.75. The molecule has 0 fully saturated rings. The van der Waals surface area contributed by atoms with Gasteiger partial charge in [-0.05, 0) is 11.5 Å². The first kappa shape index (κ1) is 4.65. The van der Waals surface area contributed by atoms with Gasteiger partial charge >= 0.3 is 0 Å². The van der Waals surface area contributed by atoms with Gasteiger partial charge in [-0.3, -0.25) is 0 Å². The van der Waals surface area contributed by atoms with Gasteiger partial charge in [-0.1, -0.05) is 12.2 Å². The molecule has 35 valence electrons. The second kappa shape index (κ2) is 2.64. The molecule has 0 saturated heterocycles. The Morgan fingerprint density at radius 2 is 2.43 bits per heavy atom. The Bertz CT molecular complexity index is 110. The lowest BCUT2D eigenvalue weighted by Gasteiger charge is -1.69. The third kappa shape index (κ3) is 1.59. The summed E-state index contributed by atoms with van der Waals surface area (Å²) in [6.07, 6.45) is 8.28. The van der Waals surface area contributed by atoms with Gasteiger partial charge in [-0.15, -0.1) is 0 Å². The summed E-state index contributed by atoms with van der Waals surface area (Å²) in [5.41, 5.74) is 0. The van der Waals surface area contributed by atoms with E-state index in [0.29, 0.717) is 0 Å². The normalized spacial score (nSPS) is 17.1. The Hall–Kier alpha value is -0.500. The lowest BCUT2D eigenvalue weighted by Crippen LogP contribution is -1.51. The van der Waals surface area contributed by atoms with Crippen LogP contribution in [0, 0.1) is 0 Å². The quantitative estimate of drug-likeness (QED) is 0.432. The minimum absolute atomic E-state index is 1.39. The highest BCUT2D eigenvalue weighted by Crippen LogP contribution is 2.03. The van der Waals surface area contributed by atoms with Crippen molar-refractivity contribution in [2.24, 2.45) is 4.40 Å². The van der Waals surface area contributed by atoms with Gasteiger partial charge in [0.1, 0.15) is 0 Å². The van der Waals surface area contributed by atoms with E-state index in [-0.39, 0.29) is 0 Å². The van der Waals surface area contributed by atoms with Crippen molar-refractivity contribution in [1.29, 1.82) is 0 Å². The molecule has 0 aromatic carbocycles. The van der Waals surface area contributed by atoms with Crippen LogP contribution in [0.3, 0.4) is 0 Å². The zero-order valence-corrected chi connectivity index (χ0v) is 4.48. The smallest absolute Gasteiger partial charge is 0.0980 e. The van der Waals surface area contributed by atoms with Gasteiger partial charge in [-0.25, -0.2) is 4.40 Å². The van der Waals surface area contributed by atoms with Crippen molar-refractivity contribution in [3.63, 3.8) is 0 Å². The zero-order chi connectivity index (χ0) is 4.95. The van der Waals surface area contributed by atoms with E-state index in [9.17, 15) is 0 Å². The molecule has 1 aliphatic rings. The molecule has 1 radical (unpaired) electrons. The van der Waals surface area contributed by atoms with E-state index in [1.165, 1.54) is 11.9 Å². The summed E-state index contributed by atoms with van der Waals surface area (Å²) in [7, 11) is 0. The predicted octanol–water partition coefficient (Wildman–Crippen LogP) is 1.67. The van der Waals surface area contributed by atoms with Crippen LogP contribution in [-0.4, -0.2) is 6.21 Å². The molecule has 0 aromatic heterocycles. The van der Waals surface area contributed by atoms with Crippen molar-refractivity contribution in [2.45, 2.75) is 0 Å². The van der Waals surface area contributed by atoms with Crippen LogP contribution in [-0.2, 0) is 0 Å². The first-order valence-corrected chi connectivity index (χ1v) is 2.77. The van der Waals surface area contributed by atoms with E-state index in [4.69, 9.17) is 0 Å². The van der Waals surface area contributed by atoms with Crippen LogP contribution < -0.4 is 0 Å². The monoisotopic (exact) mass is 110 g/mol. The zero-order valence-electron chi connectivity index (χ0n) is 3.66. The molecule has 0 N–H and O–H groups in total. The van der Waals surface area contributed by atoms with E-state index < -0.39 is 0 Å². The minimum Gasteiger partial charge on any atom is -0.210 e. The molecule has 7 heavy (non-hydrogen) atoms. The van der Waals surface area contributed by atoms with Crippen molar-refractivity contribution in [3.8, 4) is 0 Å². The third-order valence-electron chi connectivity index (χ3n) is 0.527. The predicted molar refractivity (Wildman–Crippen MR) is 33.3 cm³/mol. The summed E-state index contributed by atoms with van der Waals surface area (Å²) in [6.45, 7) is 0. The fourth-order valence-electron chi connectivity index (χ4n) is 0.270. The number of hydrogen-bond donors (Lipinski definition) is 0. The van der Waals surface area contributed by atoms with Gasteiger partial charge in [0, 0.05) is 11.9 Å². The van der Waals surface area contributed by atoms with Crippen LogP contribution in [0.1, 0.15) is 0 Å². The highest BCUT2D eigenvalue weighted by Gasteiger charge is 1.73. The van der Waals surface area contributed by atoms with Crippen molar-refractivity contribution < 1.29 is 0 Å². The Balaban J connectivity index is 2.60. The number of allylic oxidation sites excluding steroid dienone is 3. The Labute approximate surface area is 47.0 Å². The average Bonchev–Trinajstić information content (AvgIpc) is 1.90. The lowest BCUT2D eigenvalue weighted by molar-refractivity contribution is 1.99. The topological polar surface area (TPSA) is 12.4 Å². The molecule has 0 atom stereocenters. The summed E-state index contributed by atoms with van der Waals surface area (Å²) in [4.78, 5) is 0. The van der Waals surface area contributed by atoms with Crippen LogP contribution in [0.2, 0.25) is 0 Å². The van der Waals surface area contributed by atoms with E-state index in [2.05, 4.69) is 10.6 Å². The van der Waals surface area contributed by atoms with Gasteiger partial charge in [0.2, 0.25) is 0 Å². The molecule has 1 heterocycles. The molecule has 1 aliphatic heterocycles. The van der Waals surface area contributed by atoms with E-state index in [1.807, 2.05) is 17.6 Å². The van der Waals surface area contributed by atoms with Crippen LogP contribution in [0.15, 0.2) is 28.0 Å². The molecule has 0 spiro atoms. The molecule has 2 heteroatoms. The summed E-state index contributed by atoms with van der Waals surface area (Å²) >= 11 is 1.39. The van der Waals surface area contributed by atoms with Crippen molar-refractivity contribution in [3.05, 3.63) is 23.6 Å². The van der Waals surface area contributed by atoms with Crippen LogP contribution in [0.5, 0.6) is 0 Å². The molecule has 0 aromatic rings. The fourth-order valence-corrected chi connectivity index (χ4v) is 0.614. The highest BCUT2D eigenvalue weighted by molar-refractivity contribution is 8.01. The second-order valence-electron chi connectivity index (χ2n) is 1.01. The number of nitrogens with zero attached hydrogens (tertiary/aromatic N) is 1. The van der Waals surface area contributed by atoms with Gasteiger partial charge in [-0.2, -0.15) is 0 Å². The first-order valence-electron chi connectivity index (χ1n) is 1.93. The fraction of sp³-hybridized carbons (Fsp3) is 0. The molecular formula is C5H4NS. The average molecular weight is 110 g/mol. The summed E-state index contributed by atoms with van der Waals surface area (Å²) in [5, 5.41) is 1.90. The standard InChI is InChI=1S/C5H4NS/c1-2-4-6-7-5-3-1/h1-3,5H. The molecule has 0 unspecified atom stereocenters. The highest BCUT2D eigenvalue weighted by atomic mass is 32.2. The van der Waals surface area contributed by atoms with Crippen LogP contribution in [0.4, 0.5) is 0 Å². The maximum atomic E-state index is 3.76. The van der Waals surface area contributed by atoms with Gasteiger partial charge in [0.05, 0.1) is 6.21 Å². The number of rotatable bonds is 0. The van der Waals surface area contributed by atoms with Crippen molar-refractivity contribution in [2.75, 3.05) is 0 Å². The second-order valence-corrected chi connectivity index (χ2v) is 1.68. The van der Waals surface area contributed by atoms with Gasteiger partial charge < -0.3 is 0 Å². The van der Waals surface area contributed by atoms with Crippen molar-refractivity contribution in [1.82, 2.24) is 0 Å². The molecule has 0 aliphatic carbocycles. The molecule has 1 rings (SSSR count). The van der Waals surface area contributed by atoms with Gasteiger partial charge in [0.15, 0.2) is 0 Å². The first-order chi connectivity index (χ1) is 3.50. The largest absolute Gasteiger partial charge is 0.210 e. The SMILES string of the molecule is [C]1=NSC=CC=C1. The molecule has 0 amide bonds. The third-order valence-corrected chi connectivity index (χ3v) is 1.02. The molecule has 0 bridgehead atoms. The van der Waals surface area contributed by atoms with Crippen LogP contribution in [0.25, 0.3) is 0 Å². The van der Waals surface area contributed by atoms with E-state index in [0.717, 1.165) is 0 Å². The summed E-state index contributed by atoms with van der Waals surface area (Å²) < 4.78 is 3.76. The van der Waals surface area contributed by atoms with Crippen LogP contribution >= 0.6 is 11.9 Å². The maximum absolute atomic E-state index is 3.76. The summed E-state index contributed by atoms with van der Waals surface area (Å²) in [6, 6.07) is 0. The number of hydrogen-bond acceptors (Lipinski definition) is 2. The molecular weight excluding hydrogens is 106 g/mol. The van der Waals surface area contributed by atoms with E-state index in [1.54, 1.807) is 6.08 Å². The maximum Gasteiger partial charge on any atom is 0.0980 e. The van der Waals surface area contributed by atoms with E-state index >= 15 is 0 Å². The Morgan fingerprint density at radius 3 is 3.43 bits per heavy atom. The Morgan fingerprint density at radius 1 is 1.43 bits per heavy atom. The molecule has 1 nitrogen and oxygen atoms in total.